The van der Waals surface area contributed by atoms with Crippen molar-refractivity contribution >= 4 is 17.3 Å². The minimum Gasteiger partial charge on any atom is -0.399 e. The van der Waals surface area contributed by atoms with Gasteiger partial charge < -0.3 is 15.8 Å². The number of hydrogen-bond acceptors (Lipinski definition) is 4. The zero-order valence-corrected chi connectivity index (χ0v) is 16.3. The maximum atomic E-state index is 12.8. The van der Waals surface area contributed by atoms with E-state index in [1.165, 1.54) is 5.56 Å². The lowest BCUT2D eigenvalue weighted by Gasteiger charge is -2.26. The molecule has 3 aromatic carbocycles. The molecule has 29 heavy (non-hydrogen) atoms. The van der Waals surface area contributed by atoms with E-state index in [2.05, 4.69) is 10.2 Å². The van der Waals surface area contributed by atoms with E-state index in [9.17, 15) is 4.79 Å². The van der Waals surface area contributed by atoms with E-state index >= 15 is 0 Å². The molecular weight excluding hydrogens is 362 g/mol. The lowest BCUT2D eigenvalue weighted by atomic mass is 10.0. The Labute approximate surface area is 171 Å². The molecule has 1 fully saturated rings. The van der Waals surface area contributed by atoms with Gasteiger partial charge in [0.2, 0.25) is 0 Å². The molecule has 1 heterocycles. The summed E-state index contributed by atoms with van der Waals surface area (Å²) in [5.41, 5.74) is 11.1. The Hall–Kier alpha value is -3.15. The summed E-state index contributed by atoms with van der Waals surface area (Å²) in [5.74, 6) is -0.147. The summed E-state index contributed by atoms with van der Waals surface area (Å²) in [4.78, 5) is 15.2. The first-order chi connectivity index (χ1) is 14.2. The SMILES string of the molecule is Nc1ccc(-c2ccccc2)c(NC(=O)c2ccc(CN3CCOCC3)cc2)c1. The van der Waals surface area contributed by atoms with Crippen LogP contribution in [0.2, 0.25) is 0 Å². The Kier molecular flexibility index (Phi) is 5.89. The third kappa shape index (κ3) is 4.83. The van der Waals surface area contributed by atoms with Gasteiger partial charge in [-0.3, -0.25) is 9.69 Å². The van der Waals surface area contributed by atoms with Crippen molar-refractivity contribution in [2.24, 2.45) is 0 Å². The molecule has 3 aromatic rings. The highest BCUT2D eigenvalue weighted by molar-refractivity contribution is 6.06. The molecule has 1 aliphatic rings. The first-order valence-corrected chi connectivity index (χ1v) is 9.84. The highest BCUT2D eigenvalue weighted by Gasteiger charge is 2.13. The summed E-state index contributed by atoms with van der Waals surface area (Å²) >= 11 is 0. The largest absolute Gasteiger partial charge is 0.399 e. The van der Waals surface area contributed by atoms with Crippen molar-refractivity contribution in [1.29, 1.82) is 0 Å². The highest BCUT2D eigenvalue weighted by atomic mass is 16.5. The minimum atomic E-state index is -0.147. The predicted molar refractivity (Wildman–Crippen MR) is 117 cm³/mol. The Balaban J connectivity index is 1.49. The Morgan fingerprint density at radius 2 is 1.69 bits per heavy atom. The number of hydrogen-bond donors (Lipinski definition) is 2. The molecule has 1 aliphatic heterocycles. The average molecular weight is 387 g/mol. The lowest BCUT2D eigenvalue weighted by molar-refractivity contribution is 0.0342. The van der Waals surface area contributed by atoms with Crippen LogP contribution in [0.4, 0.5) is 11.4 Å². The summed E-state index contributed by atoms with van der Waals surface area (Å²) in [6.07, 6.45) is 0. The molecule has 1 saturated heterocycles. The Morgan fingerprint density at radius 1 is 0.966 bits per heavy atom. The summed E-state index contributed by atoms with van der Waals surface area (Å²) in [6.45, 7) is 4.33. The number of carbonyl (C=O) groups is 1. The summed E-state index contributed by atoms with van der Waals surface area (Å²) in [7, 11) is 0. The van der Waals surface area contributed by atoms with Crippen LogP contribution >= 0.6 is 0 Å². The second-order valence-corrected chi connectivity index (χ2v) is 7.21. The van der Waals surface area contributed by atoms with Crippen molar-refractivity contribution in [2.75, 3.05) is 37.4 Å². The van der Waals surface area contributed by atoms with Crippen molar-refractivity contribution in [3.8, 4) is 11.1 Å². The van der Waals surface area contributed by atoms with E-state index < -0.39 is 0 Å². The normalized spacial score (nSPS) is 14.5. The van der Waals surface area contributed by atoms with Crippen molar-refractivity contribution < 1.29 is 9.53 Å². The fraction of sp³-hybridized carbons (Fsp3) is 0.208. The molecule has 0 bridgehead atoms. The number of amides is 1. The number of anilines is 2. The first kappa shape index (κ1) is 19.2. The topological polar surface area (TPSA) is 67.6 Å². The van der Waals surface area contributed by atoms with Crippen LogP contribution in [-0.4, -0.2) is 37.1 Å². The number of rotatable bonds is 5. The number of nitrogens with two attached hydrogens (primary N) is 1. The molecule has 0 spiro atoms. The number of carbonyl (C=O) groups excluding carboxylic acids is 1. The van der Waals surface area contributed by atoms with Crippen LogP contribution in [0.15, 0.2) is 72.8 Å². The monoisotopic (exact) mass is 387 g/mol. The van der Waals surface area contributed by atoms with E-state index in [0.29, 0.717) is 16.9 Å². The number of nitrogens with one attached hydrogen (secondary N) is 1. The van der Waals surface area contributed by atoms with Gasteiger partial charge >= 0.3 is 0 Å². The molecule has 5 heteroatoms. The number of benzene rings is 3. The van der Waals surface area contributed by atoms with Gasteiger partial charge in [-0.25, -0.2) is 0 Å². The molecular formula is C24H25N3O2. The summed E-state index contributed by atoms with van der Waals surface area (Å²) < 4.78 is 5.39. The first-order valence-electron chi connectivity index (χ1n) is 9.84. The van der Waals surface area contributed by atoms with Crippen LogP contribution in [0.25, 0.3) is 11.1 Å². The van der Waals surface area contributed by atoms with Crippen LogP contribution in [0.5, 0.6) is 0 Å². The molecule has 0 radical (unpaired) electrons. The maximum absolute atomic E-state index is 12.8. The van der Waals surface area contributed by atoms with Gasteiger partial charge in [0.15, 0.2) is 0 Å². The standard InChI is InChI=1S/C24H25N3O2/c25-21-10-11-22(19-4-2-1-3-5-19)23(16-21)26-24(28)20-8-6-18(7-9-20)17-27-12-14-29-15-13-27/h1-11,16H,12-15,17,25H2,(H,26,28). The maximum Gasteiger partial charge on any atom is 0.255 e. The van der Waals surface area contributed by atoms with Gasteiger partial charge in [-0.15, -0.1) is 0 Å². The van der Waals surface area contributed by atoms with E-state index in [1.807, 2.05) is 66.7 Å². The average Bonchev–Trinajstić information content (AvgIpc) is 2.76. The van der Waals surface area contributed by atoms with E-state index in [4.69, 9.17) is 10.5 Å². The van der Waals surface area contributed by atoms with Crippen LogP contribution in [-0.2, 0) is 11.3 Å². The van der Waals surface area contributed by atoms with Gasteiger partial charge in [-0.1, -0.05) is 48.5 Å². The molecule has 3 N–H and O–H groups in total. The van der Waals surface area contributed by atoms with Crippen LogP contribution in [0.3, 0.4) is 0 Å². The van der Waals surface area contributed by atoms with Crippen LogP contribution < -0.4 is 11.1 Å². The van der Waals surface area contributed by atoms with E-state index in [0.717, 1.165) is 44.0 Å². The quantitative estimate of drug-likeness (QED) is 0.649. The molecule has 148 valence electrons. The van der Waals surface area contributed by atoms with Crippen molar-refractivity contribution in [1.82, 2.24) is 4.90 Å². The molecule has 0 aliphatic carbocycles. The van der Waals surface area contributed by atoms with Crippen LogP contribution in [0.1, 0.15) is 15.9 Å². The lowest BCUT2D eigenvalue weighted by Crippen LogP contribution is -2.35. The number of ether oxygens (including phenoxy) is 1. The van der Waals surface area contributed by atoms with Gasteiger partial charge in [-0.2, -0.15) is 0 Å². The fourth-order valence-electron chi connectivity index (χ4n) is 3.51. The fourth-order valence-corrected chi connectivity index (χ4v) is 3.51. The Bertz CT molecular complexity index is 965. The third-order valence-corrected chi connectivity index (χ3v) is 5.10. The van der Waals surface area contributed by atoms with E-state index in [-0.39, 0.29) is 5.91 Å². The molecule has 0 aromatic heterocycles. The zero-order valence-electron chi connectivity index (χ0n) is 16.3. The van der Waals surface area contributed by atoms with E-state index in [1.54, 1.807) is 6.07 Å². The molecule has 5 nitrogen and oxygen atoms in total. The zero-order chi connectivity index (χ0) is 20.1. The summed E-state index contributed by atoms with van der Waals surface area (Å²) in [5, 5.41) is 3.02. The van der Waals surface area contributed by atoms with Gasteiger partial charge in [0, 0.05) is 36.4 Å². The molecule has 0 saturated carbocycles. The predicted octanol–water partition coefficient (Wildman–Crippen LogP) is 4.02. The van der Waals surface area contributed by atoms with Gasteiger partial charge in [0.05, 0.1) is 18.9 Å². The molecule has 4 rings (SSSR count). The number of morpholine rings is 1. The van der Waals surface area contributed by atoms with Gasteiger partial charge in [-0.05, 0) is 35.4 Å². The minimum absolute atomic E-state index is 0.147. The second kappa shape index (κ2) is 8.90. The van der Waals surface area contributed by atoms with Crippen LogP contribution in [0, 0.1) is 0 Å². The van der Waals surface area contributed by atoms with Gasteiger partial charge in [0.1, 0.15) is 0 Å². The number of nitrogens with zero attached hydrogens (tertiary/aromatic N) is 1. The van der Waals surface area contributed by atoms with Gasteiger partial charge in [0.25, 0.3) is 5.91 Å². The Morgan fingerprint density at radius 3 is 2.41 bits per heavy atom. The smallest absolute Gasteiger partial charge is 0.255 e. The highest BCUT2D eigenvalue weighted by Crippen LogP contribution is 2.30. The van der Waals surface area contributed by atoms with Crippen molar-refractivity contribution in [2.45, 2.75) is 6.54 Å². The second-order valence-electron chi connectivity index (χ2n) is 7.21. The number of nitrogen functional groups attached to an aromatic ring is 1. The molecule has 0 unspecified atom stereocenters. The summed E-state index contributed by atoms with van der Waals surface area (Å²) in [6, 6.07) is 23.3. The van der Waals surface area contributed by atoms with Crippen molar-refractivity contribution in [3.05, 3.63) is 83.9 Å². The molecule has 1 amide bonds. The third-order valence-electron chi connectivity index (χ3n) is 5.10. The van der Waals surface area contributed by atoms with Crippen molar-refractivity contribution in [3.63, 3.8) is 0 Å². The molecule has 0 atom stereocenters.